The van der Waals surface area contributed by atoms with Crippen LogP contribution in [0.5, 0.6) is 0 Å². The Balaban J connectivity index is 1.02. The van der Waals surface area contributed by atoms with Crippen LogP contribution in [0.25, 0.3) is 0 Å². The van der Waals surface area contributed by atoms with Crippen molar-refractivity contribution in [1.82, 2.24) is 0 Å². The molecule has 4 bridgehead atoms. The molecule has 55 heavy (non-hydrogen) atoms. The summed E-state index contributed by atoms with van der Waals surface area (Å²) in [5.74, 6) is 0.328. The standard InChI is InChI=1S/C47H80O8/c1-38(41(48)49)40(50-26-17-11-5-8-14-20-42(2)23-29-51-42)45-32-39-33-46(35-45,54-27-18-12-6-9-15-21-43(3)24-30-52-43)37-47(34-39,36-45)55-28-19-13-7-10-16-22-44(4)25-31-53-44/h39H,5-37H2,1-4H3,(H,48,49). The lowest BCUT2D eigenvalue weighted by Crippen LogP contribution is -2.65. The van der Waals surface area contributed by atoms with Gasteiger partial charge in [0.25, 0.3) is 0 Å². The summed E-state index contributed by atoms with van der Waals surface area (Å²) in [4.78, 5) is 12.7. The number of carbonyl (C=O) groups is 1. The van der Waals surface area contributed by atoms with Gasteiger partial charge in [-0.1, -0.05) is 77.0 Å². The van der Waals surface area contributed by atoms with Crippen molar-refractivity contribution in [3.05, 3.63) is 11.3 Å². The van der Waals surface area contributed by atoms with Gasteiger partial charge in [0.15, 0.2) is 0 Å². The van der Waals surface area contributed by atoms with Gasteiger partial charge in [0.05, 0.1) is 60.0 Å². The molecule has 316 valence electrons. The van der Waals surface area contributed by atoms with Crippen molar-refractivity contribution in [2.75, 3.05) is 39.6 Å². The Labute approximate surface area is 334 Å². The molecule has 4 aliphatic carbocycles. The van der Waals surface area contributed by atoms with E-state index in [0.29, 0.717) is 18.1 Å². The smallest absolute Gasteiger partial charge is 0.334 e. The molecular weight excluding hydrogens is 693 g/mol. The van der Waals surface area contributed by atoms with Crippen LogP contribution >= 0.6 is 0 Å². The van der Waals surface area contributed by atoms with Crippen LogP contribution in [-0.4, -0.2) is 78.7 Å². The first-order valence-corrected chi connectivity index (χ1v) is 23.2. The molecule has 1 N–H and O–H groups in total. The lowest BCUT2D eigenvalue weighted by molar-refractivity contribution is -0.261. The first-order valence-electron chi connectivity index (χ1n) is 23.2. The minimum atomic E-state index is -0.863. The second kappa shape index (κ2) is 19.3. The van der Waals surface area contributed by atoms with Gasteiger partial charge in [0, 0.05) is 25.0 Å². The van der Waals surface area contributed by atoms with Crippen molar-refractivity contribution in [3.63, 3.8) is 0 Å². The lowest BCUT2D eigenvalue weighted by Gasteiger charge is -2.66. The third kappa shape index (κ3) is 11.7. The van der Waals surface area contributed by atoms with E-state index in [-0.39, 0.29) is 33.4 Å². The van der Waals surface area contributed by atoms with Crippen LogP contribution in [0.3, 0.4) is 0 Å². The van der Waals surface area contributed by atoms with Gasteiger partial charge in [-0.25, -0.2) is 4.79 Å². The number of aliphatic carboxylic acids is 1. The highest BCUT2D eigenvalue weighted by Crippen LogP contribution is 2.68. The van der Waals surface area contributed by atoms with Gasteiger partial charge in [0.2, 0.25) is 0 Å². The predicted molar refractivity (Wildman–Crippen MR) is 217 cm³/mol. The maximum Gasteiger partial charge on any atom is 0.334 e. The van der Waals surface area contributed by atoms with E-state index in [0.717, 1.165) is 109 Å². The van der Waals surface area contributed by atoms with E-state index in [1.807, 2.05) is 0 Å². The van der Waals surface area contributed by atoms with E-state index in [2.05, 4.69) is 20.8 Å². The van der Waals surface area contributed by atoms with Crippen LogP contribution in [0.1, 0.15) is 201 Å². The van der Waals surface area contributed by atoms with Crippen molar-refractivity contribution < 1.29 is 38.3 Å². The second-order valence-corrected chi connectivity index (χ2v) is 20.2. The summed E-state index contributed by atoms with van der Waals surface area (Å²) < 4.78 is 38.2. The molecular formula is C47H80O8. The number of hydrogen-bond donors (Lipinski definition) is 1. The topological polar surface area (TPSA) is 92.7 Å². The van der Waals surface area contributed by atoms with Crippen LogP contribution in [0.2, 0.25) is 0 Å². The van der Waals surface area contributed by atoms with Crippen molar-refractivity contribution >= 4 is 5.97 Å². The number of rotatable bonds is 29. The van der Waals surface area contributed by atoms with Crippen molar-refractivity contribution in [3.8, 4) is 0 Å². The summed E-state index contributed by atoms with van der Waals surface area (Å²) in [7, 11) is 0. The molecule has 0 radical (unpaired) electrons. The molecule has 3 heterocycles. The zero-order valence-electron chi connectivity index (χ0n) is 35.7. The molecule has 8 heteroatoms. The van der Waals surface area contributed by atoms with Gasteiger partial charge >= 0.3 is 5.97 Å². The predicted octanol–water partition coefficient (Wildman–Crippen LogP) is 11.4. The Hall–Kier alpha value is -1.19. The third-order valence-electron chi connectivity index (χ3n) is 15.0. The molecule has 7 rings (SSSR count). The fourth-order valence-corrected chi connectivity index (χ4v) is 11.7. The summed E-state index contributed by atoms with van der Waals surface area (Å²) in [5.41, 5.74) is -0.128. The molecule has 0 aromatic heterocycles. The monoisotopic (exact) mass is 773 g/mol. The van der Waals surface area contributed by atoms with Crippen molar-refractivity contribution in [2.45, 2.75) is 229 Å². The molecule has 0 aromatic rings. The maximum absolute atomic E-state index is 12.7. The quantitative estimate of drug-likeness (QED) is 0.0456. The van der Waals surface area contributed by atoms with Gasteiger partial charge in [-0.2, -0.15) is 0 Å². The third-order valence-corrected chi connectivity index (χ3v) is 15.0. The first-order chi connectivity index (χ1) is 26.4. The SMILES string of the molecule is CC(C(=O)O)=C(OCCCCCCCC1(C)CCO1)C12CC3CC(OCCCCCCCC4(C)CCO4)(CC(OCCCCCCCC4(C)CCO4)(C3)C1)C2. The van der Waals surface area contributed by atoms with Crippen LogP contribution < -0.4 is 0 Å². The average molecular weight is 773 g/mol. The zero-order valence-corrected chi connectivity index (χ0v) is 35.7. The highest BCUT2D eigenvalue weighted by atomic mass is 16.5. The minimum Gasteiger partial charge on any atom is -0.497 e. The normalized spacial score (nSPS) is 36.5. The highest BCUT2D eigenvalue weighted by Gasteiger charge is 2.66. The Kier molecular flexibility index (Phi) is 15.2. The van der Waals surface area contributed by atoms with Crippen LogP contribution in [0.15, 0.2) is 11.3 Å². The van der Waals surface area contributed by atoms with Crippen molar-refractivity contribution in [2.24, 2.45) is 11.3 Å². The molecule has 5 unspecified atom stereocenters. The summed E-state index contributed by atoms with van der Waals surface area (Å²) >= 11 is 0. The fourth-order valence-electron chi connectivity index (χ4n) is 11.7. The highest BCUT2D eigenvalue weighted by molar-refractivity contribution is 5.86. The van der Waals surface area contributed by atoms with E-state index >= 15 is 0 Å². The summed E-state index contributed by atoms with van der Waals surface area (Å²) in [5, 5.41) is 10.4. The second-order valence-electron chi connectivity index (χ2n) is 20.2. The van der Waals surface area contributed by atoms with Crippen LogP contribution in [0, 0.1) is 11.3 Å². The average Bonchev–Trinajstić information content (AvgIpc) is 3.09. The molecule has 4 saturated carbocycles. The molecule has 3 aliphatic heterocycles. The Morgan fingerprint density at radius 2 is 0.945 bits per heavy atom. The lowest BCUT2D eigenvalue weighted by atomic mass is 9.45. The van der Waals surface area contributed by atoms with E-state index in [1.165, 1.54) is 103 Å². The fraction of sp³-hybridized carbons (Fsp3) is 0.936. The number of hydrogen-bond acceptors (Lipinski definition) is 7. The number of unbranched alkanes of at least 4 members (excludes halogenated alkanes) is 12. The summed E-state index contributed by atoms with van der Waals surface area (Å²) in [6, 6.07) is 0. The Bertz CT molecular complexity index is 1200. The molecule has 0 amide bonds. The molecule has 3 saturated heterocycles. The Morgan fingerprint density at radius 1 is 0.564 bits per heavy atom. The van der Waals surface area contributed by atoms with E-state index in [9.17, 15) is 9.90 Å². The minimum absolute atomic E-state index is 0.115. The first kappa shape index (κ1) is 43.4. The molecule has 0 aromatic carbocycles. The van der Waals surface area contributed by atoms with Crippen LogP contribution in [-0.2, 0) is 33.2 Å². The molecule has 7 fully saturated rings. The number of carboxylic acid groups (broad SMARTS) is 1. The van der Waals surface area contributed by atoms with Gasteiger partial charge in [-0.05, 0) is 124 Å². The van der Waals surface area contributed by atoms with Gasteiger partial charge in [-0.3, -0.25) is 0 Å². The molecule has 8 nitrogen and oxygen atoms in total. The van der Waals surface area contributed by atoms with Gasteiger partial charge in [0.1, 0.15) is 5.76 Å². The zero-order chi connectivity index (χ0) is 38.9. The number of carboxylic acids is 1. The van der Waals surface area contributed by atoms with Crippen molar-refractivity contribution in [1.29, 1.82) is 0 Å². The molecule has 0 spiro atoms. The van der Waals surface area contributed by atoms with E-state index < -0.39 is 5.97 Å². The molecule has 5 atom stereocenters. The summed E-state index contributed by atoms with van der Waals surface area (Å²) in [6.45, 7) is 13.4. The van der Waals surface area contributed by atoms with E-state index in [1.54, 1.807) is 6.92 Å². The summed E-state index contributed by atoms with van der Waals surface area (Å²) in [6.07, 6.45) is 30.5. The number of allylic oxidation sites excluding steroid dienone is 1. The molecule has 7 aliphatic rings. The Morgan fingerprint density at radius 3 is 1.33 bits per heavy atom. The van der Waals surface area contributed by atoms with Crippen LogP contribution in [0.4, 0.5) is 0 Å². The largest absolute Gasteiger partial charge is 0.497 e. The number of ether oxygens (including phenoxy) is 6. The van der Waals surface area contributed by atoms with Gasteiger partial charge < -0.3 is 33.5 Å². The van der Waals surface area contributed by atoms with E-state index in [4.69, 9.17) is 28.4 Å². The van der Waals surface area contributed by atoms with Gasteiger partial charge in [-0.15, -0.1) is 0 Å². The maximum atomic E-state index is 12.7.